The molecule has 0 radical (unpaired) electrons. The standard InChI is InChI=1S/C20H23FO/c1-4-16-10-12-19(13-11-16)22-14-6-8-17-7-5-9-18(15-17)20(2,3)21/h5-13,15H,4,14H2,1-3H3/b8-6+. The molecule has 0 N–H and O–H groups in total. The van der Waals surface area contributed by atoms with Crippen LogP contribution in [0.1, 0.15) is 37.5 Å². The van der Waals surface area contributed by atoms with Gasteiger partial charge in [-0.15, -0.1) is 0 Å². The van der Waals surface area contributed by atoms with E-state index in [4.69, 9.17) is 4.74 Å². The first-order chi connectivity index (χ1) is 10.5. The zero-order valence-corrected chi connectivity index (χ0v) is 13.5. The number of hydrogen-bond donors (Lipinski definition) is 0. The lowest BCUT2D eigenvalue weighted by atomic mass is 9.98. The average Bonchev–Trinajstić information content (AvgIpc) is 2.52. The van der Waals surface area contributed by atoms with Crippen molar-refractivity contribution >= 4 is 6.08 Å². The molecule has 116 valence electrons. The van der Waals surface area contributed by atoms with Gasteiger partial charge in [0, 0.05) is 0 Å². The van der Waals surface area contributed by atoms with Crippen molar-refractivity contribution in [2.75, 3.05) is 6.61 Å². The van der Waals surface area contributed by atoms with Crippen molar-refractivity contribution in [1.29, 1.82) is 0 Å². The average molecular weight is 298 g/mol. The van der Waals surface area contributed by atoms with Gasteiger partial charge in [-0.25, -0.2) is 4.39 Å². The summed E-state index contributed by atoms with van der Waals surface area (Å²) in [5.74, 6) is 0.862. The van der Waals surface area contributed by atoms with Crippen molar-refractivity contribution in [2.45, 2.75) is 32.9 Å². The highest BCUT2D eigenvalue weighted by Crippen LogP contribution is 2.25. The highest BCUT2D eigenvalue weighted by Gasteiger charge is 2.18. The Balaban J connectivity index is 1.92. The maximum absolute atomic E-state index is 13.9. The fraction of sp³-hybridized carbons (Fsp3) is 0.300. The quantitative estimate of drug-likeness (QED) is 0.679. The van der Waals surface area contributed by atoms with Crippen LogP contribution in [0.3, 0.4) is 0 Å². The van der Waals surface area contributed by atoms with E-state index in [1.165, 1.54) is 5.56 Å². The smallest absolute Gasteiger partial charge is 0.130 e. The van der Waals surface area contributed by atoms with Crippen LogP contribution in [0.4, 0.5) is 4.39 Å². The third kappa shape index (κ3) is 4.73. The minimum absolute atomic E-state index is 0.495. The maximum atomic E-state index is 13.9. The number of benzene rings is 2. The summed E-state index contributed by atoms with van der Waals surface area (Å²) < 4.78 is 19.6. The molecule has 0 saturated heterocycles. The van der Waals surface area contributed by atoms with Gasteiger partial charge in [-0.2, -0.15) is 0 Å². The molecule has 0 fully saturated rings. The van der Waals surface area contributed by atoms with Crippen LogP contribution in [0.5, 0.6) is 5.75 Å². The number of ether oxygens (including phenoxy) is 1. The monoisotopic (exact) mass is 298 g/mol. The third-order valence-corrected chi connectivity index (χ3v) is 3.56. The summed E-state index contributed by atoms with van der Waals surface area (Å²) in [4.78, 5) is 0. The largest absolute Gasteiger partial charge is 0.490 e. The Kier molecular flexibility index (Phi) is 5.37. The van der Waals surface area contributed by atoms with E-state index in [2.05, 4.69) is 19.1 Å². The summed E-state index contributed by atoms with van der Waals surface area (Å²) in [5.41, 5.74) is 1.65. The summed E-state index contributed by atoms with van der Waals surface area (Å²) in [6.45, 7) is 5.76. The van der Waals surface area contributed by atoms with Crippen molar-refractivity contribution in [1.82, 2.24) is 0 Å². The molecule has 2 heteroatoms. The number of aryl methyl sites for hydroxylation is 1. The van der Waals surface area contributed by atoms with E-state index in [0.29, 0.717) is 12.2 Å². The second kappa shape index (κ2) is 7.26. The Bertz CT molecular complexity index is 621. The fourth-order valence-corrected chi connectivity index (χ4v) is 2.16. The molecule has 22 heavy (non-hydrogen) atoms. The Morgan fingerprint density at radius 2 is 1.82 bits per heavy atom. The van der Waals surface area contributed by atoms with E-state index in [1.54, 1.807) is 13.8 Å². The summed E-state index contributed by atoms with van der Waals surface area (Å²) in [7, 11) is 0. The van der Waals surface area contributed by atoms with Crippen molar-refractivity contribution in [3.63, 3.8) is 0 Å². The Morgan fingerprint density at radius 1 is 1.09 bits per heavy atom. The molecule has 0 aromatic heterocycles. The first-order valence-corrected chi connectivity index (χ1v) is 7.67. The van der Waals surface area contributed by atoms with Gasteiger partial charge in [-0.1, -0.05) is 43.3 Å². The maximum Gasteiger partial charge on any atom is 0.130 e. The van der Waals surface area contributed by atoms with Crippen molar-refractivity contribution in [3.8, 4) is 5.75 Å². The number of hydrogen-bond acceptors (Lipinski definition) is 1. The normalized spacial score (nSPS) is 11.8. The first kappa shape index (κ1) is 16.3. The molecule has 1 nitrogen and oxygen atoms in total. The van der Waals surface area contributed by atoms with E-state index >= 15 is 0 Å². The molecule has 0 heterocycles. The molecule has 2 aromatic rings. The van der Waals surface area contributed by atoms with Gasteiger partial charge in [-0.05, 0) is 61.2 Å². The number of halogens is 1. The lowest BCUT2D eigenvalue weighted by molar-refractivity contribution is 0.221. The van der Waals surface area contributed by atoms with E-state index in [9.17, 15) is 4.39 Å². The summed E-state index contributed by atoms with van der Waals surface area (Å²) in [6, 6.07) is 15.6. The van der Waals surface area contributed by atoms with E-state index in [1.807, 2.05) is 48.6 Å². The van der Waals surface area contributed by atoms with E-state index < -0.39 is 5.67 Å². The topological polar surface area (TPSA) is 9.23 Å². The fourth-order valence-electron chi connectivity index (χ4n) is 2.16. The molecule has 0 aliphatic heterocycles. The Labute approximate surface area is 132 Å². The van der Waals surface area contributed by atoms with Gasteiger partial charge in [0.2, 0.25) is 0 Å². The van der Waals surface area contributed by atoms with Crippen molar-refractivity contribution < 1.29 is 9.13 Å². The van der Waals surface area contributed by atoms with Crippen LogP contribution < -0.4 is 4.74 Å². The Hall–Kier alpha value is -2.09. The Morgan fingerprint density at radius 3 is 2.45 bits per heavy atom. The molecule has 0 aliphatic rings. The molecular formula is C20H23FO. The van der Waals surface area contributed by atoms with Gasteiger partial charge in [-0.3, -0.25) is 0 Å². The van der Waals surface area contributed by atoms with Crippen LogP contribution >= 0.6 is 0 Å². The molecule has 0 saturated carbocycles. The molecular weight excluding hydrogens is 275 g/mol. The highest BCUT2D eigenvalue weighted by molar-refractivity contribution is 5.51. The lowest BCUT2D eigenvalue weighted by Gasteiger charge is -2.14. The first-order valence-electron chi connectivity index (χ1n) is 7.67. The molecule has 0 bridgehead atoms. The van der Waals surface area contributed by atoms with E-state index in [-0.39, 0.29) is 0 Å². The summed E-state index contributed by atoms with van der Waals surface area (Å²) in [5, 5.41) is 0. The van der Waals surface area contributed by atoms with Gasteiger partial charge < -0.3 is 4.74 Å². The number of alkyl halides is 1. The van der Waals surface area contributed by atoms with E-state index in [0.717, 1.165) is 17.7 Å². The predicted molar refractivity (Wildman–Crippen MR) is 90.9 cm³/mol. The van der Waals surface area contributed by atoms with Crippen molar-refractivity contribution in [3.05, 3.63) is 71.3 Å². The predicted octanol–water partition coefficient (Wildman–Crippen LogP) is 5.55. The minimum Gasteiger partial charge on any atom is -0.490 e. The molecule has 0 unspecified atom stereocenters. The molecule has 0 spiro atoms. The van der Waals surface area contributed by atoms with Crippen LogP contribution in [-0.2, 0) is 12.1 Å². The van der Waals surface area contributed by atoms with Crippen molar-refractivity contribution in [2.24, 2.45) is 0 Å². The molecule has 0 amide bonds. The van der Waals surface area contributed by atoms with Gasteiger partial charge in [0.15, 0.2) is 0 Å². The van der Waals surface area contributed by atoms with Crippen LogP contribution in [0, 0.1) is 0 Å². The zero-order valence-electron chi connectivity index (χ0n) is 13.5. The minimum atomic E-state index is -1.32. The SMILES string of the molecule is CCc1ccc(OC/C=C/c2cccc(C(C)(C)F)c2)cc1. The molecule has 2 rings (SSSR count). The van der Waals surface area contributed by atoms with Crippen LogP contribution in [0.15, 0.2) is 54.6 Å². The zero-order chi connectivity index (χ0) is 16.0. The summed E-state index contributed by atoms with van der Waals surface area (Å²) in [6.07, 6.45) is 4.93. The van der Waals surface area contributed by atoms with Gasteiger partial charge in [0.25, 0.3) is 0 Å². The van der Waals surface area contributed by atoms with Gasteiger partial charge in [0.05, 0.1) is 0 Å². The van der Waals surface area contributed by atoms with Crippen LogP contribution in [-0.4, -0.2) is 6.61 Å². The van der Waals surface area contributed by atoms with Gasteiger partial charge >= 0.3 is 0 Å². The summed E-state index contributed by atoms with van der Waals surface area (Å²) >= 11 is 0. The number of rotatable bonds is 6. The molecule has 2 aromatic carbocycles. The molecule has 0 atom stereocenters. The second-order valence-corrected chi connectivity index (χ2v) is 5.81. The van der Waals surface area contributed by atoms with Gasteiger partial charge in [0.1, 0.15) is 18.0 Å². The second-order valence-electron chi connectivity index (χ2n) is 5.81. The lowest BCUT2D eigenvalue weighted by Crippen LogP contribution is -2.08. The van der Waals surface area contributed by atoms with Crippen LogP contribution in [0.2, 0.25) is 0 Å². The third-order valence-electron chi connectivity index (χ3n) is 3.56. The highest BCUT2D eigenvalue weighted by atomic mass is 19.1. The van der Waals surface area contributed by atoms with Crippen LogP contribution in [0.25, 0.3) is 6.08 Å². The molecule has 0 aliphatic carbocycles.